The number of carbonyl (C=O) groups is 1. The summed E-state index contributed by atoms with van der Waals surface area (Å²) in [4.78, 5) is 10.4. The molecule has 0 fully saturated rings. The average molecular weight is 229 g/mol. The first-order chi connectivity index (χ1) is 7.47. The molecule has 0 amide bonds. The lowest BCUT2D eigenvalue weighted by Gasteiger charge is -2.14. The second kappa shape index (κ2) is 5.02. The first-order valence-corrected chi connectivity index (χ1v) is 4.54. The number of aliphatic hydroxyl groups excluding tert-OH is 2. The van der Waals surface area contributed by atoms with Crippen LogP contribution in [0.25, 0.3) is 0 Å². The predicted octanol–water partition coefficient (Wildman–Crippen LogP) is -0.237. The third kappa shape index (κ3) is 2.54. The summed E-state index contributed by atoms with van der Waals surface area (Å²) in [7, 11) is 0. The van der Waals surface area contributed by atoms with Crippen molar-refractivity contribution < 1.29 is 24.5 Å². The Balaban J connectivity index is 2.97. The summed E-state index contributed by atoms with van der Waals surface area (Å²) in [6.45, 7) is 0.00366. The first kappa shape index (κ1) is 12.6. The minimum atomic E-state index is -1.98. The van der Waals surface area contributed by atoms with Crippen molar-refractivity contribution in [2.45, 2.75) is 18.8 Å². The molecule has 1 rings (SSSR count). The van der Waals surface area contributed by atoms with E-state index in [2.05, 4.69) is 0 Å². The van der Waals surface area contributed by atoms with Gasteiger partial charge in [0.15, 0.2) is 6.10 Å². The second-order valence-corrected chi connectivity index (χ2v) is 3.28. The molecule has 0 aliphatic rings. The van der Waals surface area contributed by atoms with E-state index in [1.54, 1.807) is 0 Å². The minimum Gasteiger partial charge on any atom is -0.479 e. The number of benzene rings is 1. The van der Waals surface area contributed by atoms with Gasteiger partial charge in [0.2, 0.25) is 0 Å². The Morgan fingerprint density at radius 3 is 2.50 bits per heavy atom. The lowest BCUT2D eigenvalue weighted by molar-refractivity contribution is -0.153. The van der Waals surface area contributed by atoms with Crippen LogP contribution < -0.4 is 5.73 Å². The van der Waals surface area contributed by atoms with E-state index in [-0.39, 0.29) is 17.7 Å². The number of aliphatic hydroxyl groups is 2. The van der Waals surface area contributed by atoms with E-state index in [1.807, 2.05) is 0 Å². The maximum Gasteiger partial charge on any atom is 0.335 e. The van der Waals surface area contributed by atoms with Gasteiger partial charge in [-0.2, -0.15) is 0 Å². The van der Waals surface area contributed by atoms with Crippen molar-refractivity contribution in [1.82, 2.24) is 0 Å². The van der Waals surface area contributed by atoms with Crippen LogP contribution in [0, 0.1) is 5.82 Å². The monoisotopic (exact) mass is 229 g/mol. The van der Waals surface area contributed by atoms with Crippen LogP contribution in [0.2, 0.25) is 0 Å². The number of carboxylic acids is 1. The van der Waals surface area contributed by atoms with Gasteiger partial charge in [-0.1, -0.05) is 12.1 Å². The summed E-state index contributed by atoms with van der Waals surface area (Å²) < 4.78 is 13.3. The zero-order chi connectivity index (χ0) is 12.3. The van der Waals surface area contributed by atoms with Crippen molar-refractivity contribution >= 4 is 5.97 Å². The topological polar surface area (TPSA) is 104 Å². The van der Waals surface area contributed by atoms with Crippen molar-refractivity contribution in [3.8, 4) is 0 Å². The molecule has 0 aliphatic carbocycles. The van der Waals surface area contributed by atoms with Crippen LogP contribution in [0.4, 0.5) is 4.39 Å². The van der Waals surface area contributed by atoms with Crippen LogP contribution in [-0.2, 0) is 11.3 Å². The molecule has 0 saturated heterocycles. The molecule has 0 aromatic heterocycles. The van der Waals surface area contributed by atoms with Crippen molar-refractivity contribution in [2.75, 3.05) is 0 Å². The Labute approximate surface area is 90.9 Å². The minimum absolute atomic E-state index is 0.00366. The van der Waals surface area contributed by atoms with E-state index in [0.717, 1.165) is 6.07 Å². The predicted molar refractivity (Wildman–Crippen MR) is 52.9 cm³/mol. The first-order valence-electron chi connectivity index (χ1n) is 4.54. The molecule has 2 atom stereocenters. The maximum atomic E-state index is 13.3. The quantitative estimate of drug-likeness (QED) is 0.570. The van der Waals surface area contributed by atoms with Gasteiger partial charge in [-0.05, 0) is 11.6 Å². The van der Waals surface area contributed by atoms with Crippen LogP contribution in [-0.4, -0.2) is 27.4 Å². The fraction of sp³-hybridized carbons (Fsp3) is 0.300. The summed E-state index contributed by atoms with van der Waals surface area (Å²) in [6, 6.07) is 3.61. The van der Waals surface area contributed by atoms with Gasteiger partial charge in [-0.3, -0.25) is 0 Å². The highest BCUT2D eigenvalue weighted by atomic mass is 19.1. The molecule has 1 aromatic rings. The van der Waals surface area contributed by atoms with Crippen molar-refractivity contribution in [1.29, 1.82) is 0 Å². The molecule has 5 nitrogen and oxygen atoms in total. The third-order valence-electron chi connectivity index (χ3n) is 2.19. The second-order valence-electron chi connectivity index (χ2n) is 3.28. The lowest BCUT2D eigenvalue weighted by atomic mass is 10.0. The molecular formula is C10H12FNO4. The van der Waals surface area contributed by atoms with Gasteiger partial charge in [0.05, 0.1) is 0 Å². The van der Waals surface area contributed by atoms with E-state index in [1.165, 1.54) is 12.1 Å². The number of halogens is 1. The van der Waals surface area contributed by atoms with Gasteiger partial charge in [0.25, 0.3) is 0 Å². The van der Waals surface area contributed by atoms with Gasteiger partial charge in [0.1, 0.15) is 11.9 Å². The summed E-state index contributed by atoms with van der Waals surface area (Å²) in [5.74, 6) is -2.22. The van der Waals surface area contributed by atoms with Gasteiger partial charge < -0.3 is 21.1 Å². The smallest absolute Gasteiger partial charge is 0.335 e. The van der Waals surface area contributed by atoms with Crippen molar-refractivity contribution in [3.63, 3.8) is 0 Å². The van der Waals surface area contributed by atoms with Crippen LogP contribution in [0.1, 0.15) is 17.2 Å². The standard InChI is InChI=1S/C10H12FNO4/c11-7-3-5(1-2-6(7)4-12)8(13)9(14)10(15)16/h1-3,8-9,13-14H,4,12H2,(H,15,16). The molecule has 0 radical (unpaired) electrons. The number of rotatable bonds is 4. The van der Waals surface area contributed by atoms with E-state index in [0.29, 0.717) is 0 Å². The van der Waals surface area contributed by atoms with Gasteiger partial charge in [0, 0.05) is 12.1 Å². The maximum absolute atomic E-state index is 13.3. The molecule has 6 heteroatoms. The highest BCUT2D eigenvalue weighted by Crippen LogP contribution is 2.19. The van der Waals surface area contributed by atoms with Crippen LogP contribution >= 0.6 is 0 Å². The van der Waals surface area contributed by atoms with E-state index in [4.69, 9.17) is 15.9 Å². The molecule has 5 N–H and O–H groups in total. The molecular weight excluding hydrogens is 217 g/mol. The molecule has 0 bridgehead atoms. The Kier molecular flexibility index (Phi) is 3.94. The average Bonchev–Trinajstić information content (AvgIpc) is 2.26. The summed E-state index contributed by atoms with van der Waals surface area (Å²) >= 11 is 0. The molecule has 88 valence electrons. The zero-order valence-corrected chi connectivity index (χ0v) is 8.30. The zero-order valence-electron chi connectivity index (χ0n) is 8.30. The number of carboxylic acid groups (broad SMARTS) is 1. The SMILES string of the molecule is NCc1ccc(C(O)C(O)C(=O)O)cc1F. The van der Waals surface area contributed by atoms with Gasteiger partial charge in [-0.15, -0.1) is 0 Å². The van der Waals surface area contributed by atoms with Gasteiger partial charge >= 0.3 is 5.97 Å². The van der Waals surface area contributed by atoms with E-state index >= 15 is 0 Å². The number of hydrogen-bond donors (Lipinski definition) is 4. The summed E-state index contributed by atoms with van der Waals surface area (Å²) in [6.07, 6.45) is -3.65. The Bertz CT molecular complexity index is 396. The molecule has 1 aromatic carbocycles. The number of aliphatic carboxylic acids is 1. The molecule has 0 saturated carbocycles. The van der Waals surface area contributed by atoms with Crippen molar-refractivity contribution in [3.05, 3.63) is 35.1 Å². The molecule has 0 spiro atoms. The lowest BCUT2D eigenvalue weighted by Crippen LogP contribution is -2.27. The molecule has 0 aliphatic heterocycles. The van der Waals surface area contributed by atoms with Gasteiger partial charge in [-0.25, -0.2) is 9.18 Å². The number of nitrogens with two attached hydrogens (primary N) is 1. The summed E-state index contributed by atoms with van der Waals surface area (Å²) in [5.41, 5.74) is 5.48. The Morgan fingerprint density at radius 2 is 2.06 bits per heavy atom. The normalized spacial score (nSPS) is 14.5. The fourth-order valence-corrected chi connectivity index (χ4v) is 1.23. The Morgan fingerprint density at radius 1 is 1.44 bits per heavy atom. The summed E-state index contributed by atoms with van der Waals surface area (Å²) in [5, 5.41) is 26.9. The van der Waals surface area contributed by atoms with Crippen LogP contribution in [0.15, 0.2) is 18.2 Å². The van der Waals surface area contributed by atoms with E-state index < -0.39 is 24.0 Å². The van der Waals surface area contributed by atoms with Crippen molar-refractivity contribution in [2.24, 2.45) is 5.73 Å². The number of hydrogen-bond acceptors (Lipinski definition) is 4. The molecule has 0 heterocycles. The van der Waals surface area contributed by atoms with Crippen LogP contribution in [0.5, 0.6) is 0 Å². The molecule has 16 heavy (non-hydrogen) atoms. The fourth-order valence-electron chi connectivity index (χ4n) is 1.23. The largest absolute Gasteiger partial charge is 0.479 e. The van der Waals surface area contributed by atoms with E-state index in [9.17, 15) is 14.3 Å². The Hall–Kier alpha value is -1.50. The highest BCUT2D eigenvalue weighted by molar-refractivity contribution is 5.73. The third-order valence-corrected chi connectivity index (χ3v) is 2.19. The van der Waals surface area contributed by atoms with Crippen LogP contribution in [0.3, 0.4) is 0 Å². The molecule has 2 unspecified atom stereocenters. The highest BCUT2D eigenvalue weighted by Gasteiger charge is 2.25.